The molecule has 35 heavy (non-hydrogen) atoms. The molecule has 0 saturated carbocycles. The van der Waals surface area contributed by atoms with Crippen LogP contribution in [0.5, 0.6) is 0 Å². The molecule has 188 valence electrons. The Morgan fingerprint density at radius 2 is 1.60 bits per heavy atom. The average Bonchev–Trinajstić information content (AvgIpc) is 3.13. The Morgan fingerprint density at radius 3 is 2.11 bits per heavy atom. The maximum atomic E-state index is 12.6. The Labute approximate surface area is 204 Å². The molecule has 1 aliphatic rings. The molecule has 0 spiro atoms. The maximum absolute atomic E-state index is 12.6. The maximum Gasteiger partial charge on any atom is 0.407 e. The zero-order chi connectivity index (χ0) is 25.6. The van der Waals surface area contributed by atoms with E-state index in [4.69, 9.17) is 4.74 Å². The molecular formula is C25H30N2O7S. The highest BCUT2D eigenvalue weighted by Crippen LogP contribution is 2.44. The Balaban J connectivity index is 1.54. The average molecular weight is 503 g/mol. The molecule has 2 aromatic rings. The molecule has 2 aromatic carbocycles. The van der Waals surface area contributed by atoms with Gasteiger partial charge in [-0.25, -0.2) is 18.0 Å². The van der Waals surface area contributed by atoms with E-state index in [0.717, 1.165) is 28.5 Å². The number of benzene rings is 2. The third-order valence-corrected chi connectivity index (χ3v) is 7.07. The van der Waals surface area contributed by atoms with Gasteiger partial charge in [0, 0.05) is 18.7 Å². The number of hydrogen-bond donors (Lipinski definition) is 3. The third kappa shape index (κ3) is 6.82. The number of alkyl carbamates (subject to hydrolysis) is 1. The first kappa shape index (κ1) is 26.2. The molecule has 0 bridgehead atoms. The van der Waals surface area contributed by atoms with Crippen LogP contribution in [0.25, 0.3) is 11.1 Å². The van der Waals surface area contributed by atoms with Gasteiger partial charge in [-0.3, -0.25) is 4.79 Å². The molecule has 2 unspecified atom stereocenters. The predicted molar refractivity (Wildman–Crippen MR) is 131 cm³/mol. The highest BCUT2D eigenvalue weighted by molar-refractivity contribution is 7.90. The van der Waals surface area contributed by atoms with Crippen molar-refractivity contribution in [1.29, 1.82) is 0 Å². The van der Waals surface area contributed by atoms with E-state index in [1.807, 2.05) is 48.5 Å². The van der Waals surface area contributed by atoms with Crippen LogP contribution in [0, 0.1) is 5.92 Å². The molecule has 0 aromatic heterocycles. The zero-order valence-electron chi connectivity index (χ0n) is 19.7. The first-order valence-electron chi connectivity index (χ1n) is 11.4. The van der Waals surface area contributed by atoms with Crippen LogP contribution in [0.15, 0.2) is 48.5 Å². The van der Waals surface area contributed by atoms with Crippen molar-refractivity contribution in [3.05, 3.63) is 59.7 Å². The zero-order valence-corrected chi connectivity index (χ0v) is 20.5. The van der Waals surface area contributed by atoms with Gasteiger partial charge in [-0.1, -0.05) is 55.5 Å². The van der Waals surface area contributed by atoms with Gasteiger partial charge >= 0.3 is 12.1 Å². The first-order valence-corrected chi connectivity index (χ1v) is 13.5. The monoisotopic (exact) mass is 502 g/mol. The van der Waals surface area contributed by atoms with Crippen LogP contribution in [0.3, 0.4) is 0 Å². The van der Waals surface area contributed by atoms with E-state index in [1.165, 1.54) is 0 Å². The van der Waals surface area contributed by atoms with Crippen molar-refractivity contribution in [3.8, 4) is 11.1 Å². The Hall–Kier alpha value is -3.40. The van der Waals surface area contributed by atoms with Gasteiger partial charge in [0.25, 0.3) is 0 Å². The number of nitrogens with one attached hydrogen (secondary N) is 2. The lowest BCUT2D eigenvalue weighted by Gasteiger charge is -2.20. The third-order valence-electron chi connectivity index (χ3n) is 6.09. The minimum absolute atomic E-state index is 0.0442. The van der Waals surface area contributed by atoms with Crippen molar-refractivity contribution in [2.24, 2.45) is 5.92 Å². The van der Waals surface area contributed by atoms with Crippen LogP contribution in [0.1, 0.15) is 36.8 Å². The molecule has 9 nitrogen and oxygen atoms in total. The van der Waals surface area contributed by atoms with E-state index >= 15 is 0 Å². The van der Waals surface area contributed by atoms with E-state index < -0.39 is 39.8 Å². The van der Waals surface area contributed by atoms with Crippen molar-refractivity contribution in [1.82, 2.24) is 10.6 Å². The summed E-state index contributed by atoms with van der Waals surface area (Å²) < 4.78 is 28.1. The van der Waals surface area contributed by atoms with E-state index in [1.54, 1.807) is 6.92 Å². The summed E-state index contributed by atoms with van der Waals surface area (Å²) in [6.07, 6.45) is 0.426. The lowest BCUT2D eigenvalue weighted by molar-refractivity contribution is -0.142. The fourth-order valence-corrected chi connectivity index (χ4v) is 4.82. The van der Waals surface area contributed by atoms with Crippen molar-refractivity contribution in [2.75, 3.05) is 25.2 Å². The van der Waals surface area contributed by atoms with Crippen LogP contribution in [0.4, 0.5) is 4.79 Å². The standard InChI is InChI=1S/C25H30N2O7S/c1-3-16(23(28)27-22(24(29)30)12-13-35(2,32)33)14-26-25(31)34-15-21-19-10-6-4-8-17(19)18-9-5-7-11-20(18)21/h4-11,16,21-22H,3,12-15H2,1-2H3,(H,26,31)(H,27,28)(H,29,30). The topological polar surface area (TPSA) is 139 Å². The van der Waals surface area contributed by atoms with Gasteiger partial charge in [0.2, 0.25) is 5.91 Å². The number of hydrogen-bond acceptors (Lipinski definition) is 6. The van der Waals surface area contributed by atoms with Gasteiger partial charge in [0.15, 0.2) is 0 Å². The van der Waals surface area contributed by atoms with E-state index in [-0.39, 0.29) is 31.2 Å². The lowest BCUT2D eigenvalue weighted by atomic mass is 9.98. The summed E-state index contributed by atoms with van der Waals surface area (Å²) in [6.45, 7) is 1.82. The molecule has 2 atom stereocenters. The van der Waals surface area contributed by atoms with Gasteiger partial charge in [-0.15, -0.1) is 0 Å². The number of sulfone groups is 1. The second kappa shape index (κ2) is 11.4. The predicted octanol–water partition coefficient (Wildman–Crippen LogP) is 2.56. The highest BCUT2D eigenvalue weighted by atomic mass is 32.2. The molecule has 0 fully saturated rings. The number of carboxylic acids is 1. The van der Waals surface area contributed by atoms with E-state index in [0.29, 0.717) is 6.42 Å². The second-order valence-corrected chi connectivity index (χ2v) is 10.9. The van der Waals surface area contributed by atoms with Crippen molar-refractivity contribution in [2.45, 2.75) is 31.7 Å². The molecule has 0 aliphatic heterocycles. The first-order chi connectivity index (χ1) is 16.6. The number of rotatable bonds is 11. The SMILES string of the molecule is CCC(CNC(=O)OCC1c2ccccc2-c2ccccc21)C(=O)NC(CCS(C)(=O)=O)C(=O)O. The minimum Gasteiger partial charge on any atom is -0.480 e. The number of aliphatic carboxylic acids is 1. The number of amides is 2. The molecule has 0 radical (unpaired) electrons. The van der Waals surface area contributed by atoms with Gasteiger partial charge in [-0.05, 0) is 35.1 Å². The summed E-state index contributed by atoms with van der Waals surface area (Å²) in [4.78, 5) is 36.4. The Bertz CT molecular complexity index is 1150. The summed E-state index contributed by atoms with van der Waals surface area (Å²) in [5.74, 6) is -3.05. The van der Waals surface area contributed by atoms with Crippen LogP contribution in [-0.2, 0) is 24.2 Å². The lowest BCUT2D eigenvalue weighted by Crippen LogP contribution is -2.47. The number of carbonyl (C=O) groups excluding carboxylic acids is 2. The summed E-state index contributed by atoms with van der Waals surface area (Å²) in [6, 6.07) is 14.6. The highest BCUT2D eigenvalue weighted by Gasteiger charge is 2.29. The molecule has 2 amide bonds. The van der Waals surface area contributed by atoms with Gasteiger partial charge in [0.05, 0.1) is 11.7 Å². The molecule has 0 heterocycles. The van der Waals surface area contributed by atoms with Crippen LogP contribution in [0.2, 0.25) is 0 Å². The molecule has 3 rings (SSSR count). The quantitative estimate of drug-likeness (QED) is 0.429. The Kier molecular flexibility index (Phi) is 8.50. The molecule has 1 aliphatic carbocycles. The van der Waals surface area contributed by atoms with Gasteiger partial charge in [0.1, 0.15) is 22.5 Å². The number of ether oxygens (including phenoxy) is 1. The van der Waals surface area contributed by atoms with Crippen LogP contribution in [-0.4, -0.2) is 62.7 Å². The van der Waals surface area contributed by atoms with Gasteiger partial charge in [-0.2, -0.15) is 0 Å². The Morgan fingerprint density at radius 1 is 1.03 bits per heavy atom. The molecule has 3 N–H and O–H groups in total. The van der Waals surface area contributed by atoms with Gasteiger partial charge < -0.3 is 20.5 Å². The number of fused-ring (bicyclic) bond motifs is 3. The van der Waals surface area contributed by atoms with Crippen molar-refractivity contribution < 1.29 is 32.6 Å². The fraction of sp³-hybridized carbons (Fsp3) is 0.400. The number of carboxylic acid groups (broad SMARTS) is 1. The summed E-state index contributed by atoms with van der Waals surface area (Å²) >= 11 is 0. The van der Waals surface area contributed by atoms with Crippen LogP contribution < -0.4 is 10.6 Å². The van der Waals surface area contributed by atoms with E-state index in [2.05, 4.69) is 10.6 Å². The van der Waals surface area contributed by atoms with E-state index in [9.17, 15) is 27.9 Å². The summed E-state index contributed by atoms with van der Waals surface area (Å²) in [5, 5.41) is 14.3. The summed E-state index contributed by atoms with van der Waals surface area (Å²) in [7, 11) is -3.37. The fourth-order valence-electron chi connectivity index (χ4n) is 4.16. The minimum atomic E-state index is -3.37. The smallest absolute Gasteiger partial charge is 0.407 e. The van der Waals surface area contributed by atoms with Crippen molar-refractivity contribution in [3.63, 3.8) is 0 Å². The van der Waals surface area contributed by atoms with Crippen LogP contribution >= 0.6 is 0 Å². The largest absolute Gasteiger partial charge is 0.480 e. The second-order valence-electron chi connectivity index (χ2n) is 8.63. The number of carbonyl (C=O) groups is 3. The molecular weight excluding hydrogens is 472 g/mol. The molecule has 10 heteroatoms. The summed E-state index contributed by atoms with van der Waals surface area (Å²) in [5.41, 5.74) is 4.40. The normalized spacial score (nSPS) is 14.3. The van der Waals surface area contributed by atoms with Crippen molar-refractivity contribution >= 4 is 27.8 Å². The molecule has 0 saturated heterocycles.